The maximum absolute atomic E-state index is 15.3. The van der Waals surface area contributed by atoms with Crippen LogP contribution in [0.15, 0.2) is 133 Å². The number of allylic oxidation sites excluding steroid dienone is 2. The molecule has 10 heteroatoms. The maximum atomic E-state index is 15.3. The molecule has 4 amide bonds. The lowest BCUT2D eigenvalue weighted by molar-refractivity contribution is -0.127. The first-order chi connectivity index (χ1) is 28.1. The van der Waals surface area contributed by atoms with Crippen LogP contribution in [0.5, 0.6) is 17.2 Å². The second-order valence-corrected chi connectivity index (χ2v) is 15.7. The number of halogens is 1. The van der Waals surface area contributed by atoms with Crippen molar-refractivity contribution in [3.05, 3.63) is 160 Å². The Morgan fingerprint density at radius 3 is 2.19 bits per heavy atom. The molecule has 5 aromatic rings. The molecule has 0 radical (unpaired) electrons. The van der Waals surface area contributed by atoms with Gasteiger partial charge in [0, 0.05) is 16.5 Å². The van der Waals surface area contributed by atoms with Crippen molar-refractivity contribution in [2.24, 2.45) is 23.7 Å². The summed E-state index contributed by atoms with van der Waals surface area (Å²) in [7, 11) is 3.21. The number of hydrogen-bond donors (Lipinski definition) is 1. The fourth-order valence-corrected chi connectivity index (χ4v) is 10.1. The van der Waals surface area contributed by atoms with Crippen molar-refractivity contribution in [3.63, 3.8) is 0 Å². The summed E-state index contributed by atoms with van der Waals surface area (Å²) < 4.78 is 10.9. The summed E-state index contributed by atoms with van der Waals surface area (Å²) in [5.74, 6) is -3.41. The third kappa shape index (κ3) is 5.75. The Bertz CT molecular complexity index is 2530. The molecule has 0 aromatic heterocycles. The topological polar surface area (TPSA) is 113 Å². The maximum Gasteiger partial charge on any atom is 0.246 e. The first kappa shape index (κ1) is 37.1. The zero-order chi connectivity index (χ0) is 40.3. The summed E-state index contributed by atoms with van der Waals surface area (Å²) in [6.45, 7) is 0. The Hall–Kier alpha value is -6.45. The summed E-state index contributed by atoms with van der Waals surface area (Å²) in [5.41, 5.74) is 3.36. The second kappa shape index (κ2) is 14.5. The number of imide groups is 2. The van der Waals surface area contributed by atoms with Crippen molar-refractivity contribution >= 4 is 58.8 Å². The minimum Gasteiger partial charge on any atom is -0.508 e. The number of aromatic hydroxyl groups is 1. The zero-order valence-electron chi connectivity index (χ0n) is 31.7. The number of nitrogens with zero attached hydrogens (tertiary/aromatic N) is 2. The first-order valence-corrected chi connectivity index (χ1v) is 19.6. The van der Waals surface area contributed by atoms with Crippen LogP contribution in [0.4, 0.5) is 11.4 Å². The van der Waals surface area contributed by atoms with Crippen molar-refractivity contribution in [3.8, 4) is 17.2 Å². The molecule has 9 nitrogen and oxygen atoms in total. The summed E-state index contributed by atoms with van der Waals surface area (Å²) in [4.78, 5) is 61.9. The molecule has 0 bridgehead atoms. The Morgan fingerprint density at radius 1 is 0.724 bits per heavy atom. The second-order valence-electron chi connectivity index (χ2n) is 15.2. The molecule has 1 N–H and O–H groups in total. The van der Waals surface area contributed by atoms with Gasteiger partial charge in [0.2, 0.25) is 23.6 Å². The normalized spacial score (nSPS) is 25.1. The van der Waals surface area contributed by atoms with Crippen LogP contribution in [-0.2, 0) is 24.6 Å². The van der Waals surface area contributed by atoms with E-state index < -0.39 is 35.0 Å². The third-order valence-electron chi connectivity index (χ3n) is 12.4. The van der Waals surface area contributed by atoms with Gasteiger partial charge in [-0.25, -0.2) is 4.90 Å². The Morgan fingerprint density at radius 2 is 1.48 bits per heavy atom. The van der Waals surface area contributed by atoms with Crippen molar-refractivity contribution in [1.29, 1.82) is 0 Å². The molecule has 0 unspecified atom stereocenters. The van der Waals surface area contributed by atoms with Gasteiger partial charge in [-0.05, 0) is 96.1 Å². The number of hydrogen-bond acceptors (Lipinski definition) is 7. The molecule has 5 aromatic carbocycles. The average Bonchev–Trinajstić information content (AvgIpc) is 3.64. The third-order valence-corrected chi connectivity index (χ3v) is 12.7. The molecule has 1 saturated carbocycles. The molecule has 290 valence electrons. The monoisotopic (exact) mass is 790 g/mol. The molecule has 2 saturated heterocycles. The van der Waals surface area contributed by atoms with Crippen LogP contribution >= 0.6 is 11.6 Å². The highest BCUT2D eigenvalue weighted by molar-refractivity contribution is 6.32. The summed E-state index contributed by atoms with van der Waals surface area (Å²) in [6, 6.07) is 35.6. The van der Waals surface area contributed by atoms with Gasteiger partial charge in [0.15, 0.2) is 0 Å². The van der Waals surface area contributed by atoms with Crippen LogP contribution in [0.2, 0.25) is 5.02 Å². The molecular weight excluding hydrogens is 752 g/mol. The van der Waals surface area contributed by atoms with Crippen molar-refractivity contribution in [1.82, 2.24) is 0 Å². The minimum absolute atomic E-state index is 0.0576. The van der Waals surface area contributed by atoms with E-state index >= 15 is 4.79 Å². The average molecular weight is 791 g/mol. The predicted octanol–water partition coefficient (Wildman–Crippen LogP) is 8.60. The lowest BCUT2D eigenvalue weighted by Gasteiger charge is -2.50. The van der Waals surface area contributed by atoms with E-state index in [1.807, 2.05) is 78.9 Å². The number of ether oxygens (including phenoxy) is 2. The summed E-state index contributed by atoms with van der Waals surface area (Å²) in [5, 5.41) is 10.8. The number of phenolic OH excluding ortho intramolecular Hbond substituents is 1. The highest BCUT2D eigenvalue weighted by atomic mass is 35.5. The van der Waals surface area contributed by atoms with E-state index in [2.05, 4.69) is 0 Å². The number of phenols is 1. The lowest BCUT2D eigenvalue weighted by atomic mass is 9.49. The van der Waals surface area contributed by atoms with E-state index in [0.29, 0.717) is 39.9 Å². The smallest absolute Gasteiger partial charge is 0.246 e. The molecule has 2 heterocycles. The Kier molecular flexibility index (Phi) is 9.28. The van der Waals surface area contributed by atoms with Crippen molar-refractivity contribution in [2.75, 3.05) is 24.0 Å². The van der Waals surface area contributed by atoms with Gasteiger partial charge in [-0.3, -0.25) is 24.1 Å². The van der Waals surface area contributed by atoms with Crippen LogP contribution in [0.3, 0.4) is 0 Å². The molecule has 6 atom stereocenters. The number of carbonyl (C=O) groups is 4. The fourth-order valence-electron chi connectivity index (χ4n) is 9.93. The first-order valence-electron chi connectivity index (χ1n) is 19.2. The number of anilines is 2. The number of carbonyl (C=O) groups excluding carboxylic acids is 4. The van der Waals surface area contributed by atoms with Gasteiger partial charge in [0.05, 0.1) is 48.8 Å². The molecule has 2 aliphatic heterocycles. The highest BCUT2D eigenvalue weighted by Gasteiger charge is 2.70. The van der Waals surface area contributed by atoms with Crippen LogP contribution in [0.25, 0.3) is 12.2 Å². The fraction of sp³-hybridized carbons (Fsp3) is 0.208. The van der Waals surface area contributed by atoms with Crippen molar-refractivity contribution < 1.29 is 33.8 Å². The van der Waals surface area contributed by atoms with Gasteiger partial charge in [0.1, 0.15) is 17.2 Å². The standard InChI is InChI=1S/C48H39ClN2O7/c1-57-36-21-24-41(58-2)30(25-36)14-11-28-12-17-33(18-13-28)50-44(53)38-23-22-37-39(42(38)46(50)55)27-40-45(54)51(34-10-6-9-32(49)26-34)47(56)48(40,31-7-4-3-5-8-31)43(37)29-15-19-35(52)20-16-29/h3-22,24-26,38-40,42-43,52H,23,27H2,1-2H3/t38-,39+,40-,42-,43-,48+/m0/s1. The van der Waals surface area contributed by atoms with E-state index in [1.165, 1.54) is 9.80 Å². The molecule has 2 aliphatic carbocycles. The highest BCUT2D eigenvalue weighted by Crippen LogP contribution is 2.64. The lowest BCUT2D eigenvalue weighted by Crippen LogP contribution is -2.53. The Labute approximate surface area is 340 Å². The zero-order valence-corrected chi connectivity index (χ0v) is 32.5. The molecular formula is C48H39ClN2O7. The molecule has 9 rings (SSSR count). The van der Waals surface area contributed by atoms with E-state index in [9.17, 15) is 19.5 Å². The molecule has 4 aliphatic rings. The molecule has 58 heavy (non-hydrogen) atoms. The van der Waals surface area contributed by atoms with Crippen LogP contribution in [0.1, 0.15) is 41.0 Å². The van der Waals surface area contributed by atoms with Crippen LogP contribution in [0, 0.1) is 23.7 Å². The van der Waals surface area contributed by atoms with Gasteiger partial charge in [-0.1, -0.05) is 96.1 Å². The minimum atomic E-state index is -1.39. The number of fused-ring (bicyclic) bond motifs is 4. The van der Waals surface area contributed by atoms with E-state index in [0.717, 1.165) is 22.3 Å². The number of methoxy groups -OCH3 is 2. The predicted molar refractivity (Wildman–Crippen MR) is 222 cm³/mol. The van der Waals surface area contributed by atoms with Crippen LogP contribution in [-0.4, -0.2) is 43.0 Å². The summed E-state index contributed by atoms with van der Waals surface area (Å²) in [6.07, 6.45) is 6.34. The SMILES string of the molecule is COc1ccc(OC)c(C=Cc2ccc(N3C(=O)[C@H]4[C@H](CC=C5[C@H]4C[C@H]4C(=O)N(c6cccc(Cl)c6)C(=O)[C@@]4(c4ccccc4)[C@H]5c4ccc(O)cc4)C3=O)cc2)c1. The van der Waals surface area contributed by atoms with Gasteiger partial charge < -0.3 is 14.6 Å². The quantitative estimate of drug-likeness (QED) is 0.0952. The van der Waals surface area contributed by atoms with Gasteiger partial charge in [-0.2, -0.15) is 0 Å². The van der Waals surface area contributed by atoms with Gasteiger partial charge in [0.25, 0.3) is 0 Å². The largest absolute Gasteiger partial charge is 0.508 e. The van der Waals surface area contributed by atoms with E-state index in [1.54, 1.807) is 74.9 Å². The van der Waals surface area contributed by atoms with Gasteiger partial charge in [-0.15, -0.1) is 0 Å². The summed E-state index contributed by atoms with van der Waals surface area (Å²) >= 11 is 6.42. The van der Waals surface area contributed by atoms with Gasteiger partial charge >= 0.3 is 0 Å². The molecule has 0 spiro atoms. The van der Waals surface area contributed by atoms with E-state index in [4.69, 9.17) is 21.1 Å². The number of benzene rings is 5. The molecule has 3 fully saturated rings. The van der Waals surface area contributed by atoms with Crippen molar-refractivity contribution in [2.45, 2.75) is 24.2 Å². The van der Waals surface area contributed by atoms with E-state index in [-0.39, 0.29) is 35.8 Å². The number of rotatable bonds is 8. The number of amides is 4. The Balaban J connectivity index is 1.11. The van der Waals surface area contributed by atoms with Crippen LogP contribution < -0.4 is 19.3 Å².